The first-order valence-electron chi connectivity index (χ1n) is 11.2. The summed E-state index contributed by atoms with van der Waals surface area (Å²) >= 11 is 0. The molecule has 4 rings (SSSR count). The number of nitrogens with zero attached hydrogens (tertiary/aromatic N) is 1. The molecule has 1 aliphatic heterocycles. The predicted molar refractivity (Wildman–Crippen MR) is 131 cm³/mol. The van der Waals surface area contributed by atoms with Gasteiger partial charge in [0.15, 0.2) is 11.5 Å². The van der Waals surface area contributed by atoms with E-state index in [0.717, 1.165) is 41.4 Å². The Bertz CT molecular complexity index is 1120. The lowest BCUT2D eigenvalue weighted by Crippen LogP contribution is -2.44. The van der Waals surface area contributed by atoms with Crippen LogP contribution in [0.25, 0.3) is 0 Å². The fourth-order valence-corrected chi connectivity index (χ4v) is 4.88. The van der Waals surface area contributed by atoms with E-state index in [9.17, 15) is 4.79 Å². The van der Waals surface area contributed by atoms with Crippen molar-refractivity contribution in [2.45, 2.75) is 31.3 Å². The molecule has 0 bridgehead atoms. The third kappa shape index (κ3) is 4.91. The van der Waals surface area contributed by atoms with Gasteiger partial charge in [-0.15, -0.1) is 0 Å². The molecule has 0 fully saturated rings. The van der Waals surface area contributed by atoms with E-state index in [1.165, 1.54) is 5.56 Å². The lowest BCUT2D eigenvalue weighted by molar-refractivity contribution is -0.124. The molecule has 5 nitrogen and oxygen atoms in total. The highest BCUT2D eigenvalue weighted by Gasteiger charge is 2.36. The molecule has 2 radical (unpaired) electrons. The van der Waals surface area contributed by atoms with Crippen LogP contribution in [-0.4, -0.2) is 39.4 Å². The second-order valence-electron chi connectivity index (χ2n) is 8.41. The number of ether oxygens (including phenoxy) is 2. The number of nitrogens with two attached hydrogens (primary N) is 1. The van der Waals surface area contributed by atoms with Crippen molar-refractivity contribution in [1.29, 1.82) is 0 Å². The number of carbonyl (C=O) groups is 1. The maximum Gasteiger partial charge on any atom is 0.239 e. The van der Waals surface area contributed by atoms with Gasteiger partial charge in [-0.25, -0.2) is 0 Å². The normalized spacial score (nSPS) is 16.6. The first-order valence-corrected chi connectivity index (χ1v) is 11.2. The molecule has 3 aromatic rings. The van der Waals surface area contributed by atoms with Crippen molar-refractivity contribution in [1.82, 2.24) is 4.90 Å². The third-order valence-electron chi connectivity index (χ3n) is 6.42. The van der Waals surface area contributed by atoms with Crippen LogP contribution in [0.3, 0.4) is 0 Å². The van der Waals surface area contributed by atoms with E-state index >= 15 is 0 Å². The Morgan fingerprint density at radius 1 is 1.06 bits per heavy atom. The van der Waals surface area contributed by atoms with Crippen molar-refractivity contribution in [3.63, 3.8) is 0 Å². The summed E-state index contributed by atoms with van der Waals surface area (Å²) < 4.78 is 11.1. The maximum atomic E-state index is 12.7. The Labute approximate surface area is 196 Å². The molecule has 1 aliphatic rings. The number of benzene rings is 3. The van der Waals surface area contributed by atoms with E-state index in [4.69, 9.17) is 23.1 Å². The second kappa shape index (κ2) is 10.1. The Morgan fingerprint density at radius 3 is 2.45 bits per heavy atom. The average Bonchev–Trinajstić information content (AvgIpc) is 2.83. The quantitative estimate of drug-likeness (QED) is 0.547. The number of aryl methyl sites for hydroxylation is 1. The molecule has 168 valence electrons. The van der Waals surface area contributed by atoms with Gasteiger partial charge in [-0.05, 0) is 53.6 Å². The molecular weight excluding hydrogens is 411 g/mol. The third-order valence-corrected chi connectivity index (χ3v) is 6.42. The van der Waals surface area contributed by atoms with E-state index < -0.39 is 6.04 Å². The number of hydrogen-bond acceptors (Lipinski definition) is 4. The summed E-state index contributed by atoms with van der Waals surface area (Å²) in [5.74, 6) is 1.05. The molecule has 3 aromatic carbocycles. The van der Waals surface area contributed by atoms with Crippen molar-refractivity contribution in [3.8, 4) is 11.5 Å². The highest BCUT2D eigenvalue weighted by molar-refractivity contribution is 6.32. The number of rotatable bonds is 8. The van der Waals surface area contributed by atoms with Crippen LogP contribution in [0.1, 0.15) is 40.8 Å². The first kappa shape index (κ1) is 22.9. The van der Waals surface area contributed by atoms with Crippen LogP contribution < -0.4 is 20.7 Å². The van der Waals surface area contributed by atoms with Gasteiger partial charge in [0.25, 0.3) is 0 Å². The lowest BCUT2D eigenvalue weighted by Gasteiger charge is -2.41. The summed E-state index contributed by atoms with van der Waals surface area (Å²) in [6.07, 6.45) is 2.42. The molecule has 33 heavy (non-hydrogen) atoms. The van der Waals surface area contributed by atoms with Gasteiger partial charge in [0.05, 0.1) is 14.2 Å². The van der Waals surface area contributed by atoms with Crippen molar-refractivity contribution in [2.24, 2.45) is 5.73 Å². The van der Waals surface area contributed by atoms with Crippen LogP contribution in [-0.2, 0) is 17.6 Å². The molecular formula is C27H29BN2O3. The molecule has 6 heteroatoms. The van der Waals surface area contributed by atoms with E-state index in [0.29, 0.717) is 18.0 Å². The van der Waals surface area contributed by atoms with Gasteiger partial charge < -0.3 is 15.2 Å². The average molecular weight is 440 g/mol. The number of primary amides is 1. The number of carbonyl (C=O) groups excluding carboxylic acids is 1. The minimum Gasteiger partial charge on any atom is -0.493 e. The number of amides is 1. The second-order valence-corrected chi connectivity index (χ2v) is 8.41. The van der Waals surface area contributed by atoms with Crippen LogP contribution in [0.15, 0.2) is 66.7 Å². The molecule has 0 saturated heterocycles. The van der Waals surface area contributed by atoms with E-state index in [1.807, 2.05) is 54.6 Å². The van der Waals surface area contributed by atoms with Gasteiger partial charge in [-0.3, -0.25) is 9.69 Å². The fourth-order valence-electron chi connectivity index (χ4n) is 4.88. The van der Waals surface area contributed by atoms with Gasteiger partial charge in [0.2, 0.25) is 5.91 Å². The van der Waals surface area contributed by atoms with Gasteiger partial charge in [0, 0.05) is 12.6 Å². The first-order chi connectivity index (χ1) is 16.0. The predicted octanol–water partition coefficient (Wildman–Crippen LogP) is 3.26. The van der Waals surface area contributed by atoms with Gasteiger partial charge in [-0.2, -0.15) is 0 Å². The SMILES string of the molecule is [B]c1cccc(CC[C@H]2c3cc(OC)c(OC)cc3CCN2[C@@H](C(N)=O)c2ccccc2)c1. The summed E-state index contributed by atoms with van der Waals surface area (Å²) in [7, 11) is 9.29. The van der Waals surface area contributed by atoms with E-state index in [2.05, 4.69) is 17.0 Å². The molecule has 0 unspecified atom stereocenters. The van der Waals surface area contributed by atoms with Crippen molar-refractivity contribution >= 4 is 19.2 Å². The minimum absolute atomic E-state index is 0.0207. The Hall–Kier alpha value is -3.25. The van der Waals surface area contributed by atoms with Crippen LogP contribution in [0.4, 0.5) is 0 Å². The molecule has 0 aromatic heterocycles. The zero-order chi connectivity index (χ0) is 23.4. The summed E-state index contributed by atoms with van der Waals surface area (Å²) in [6.45, 7) is 0.715. The molecule has 2 atom stereocenters. The minimum atomic E-state index is -0.515. The lowest BCUT2D eigenvalue weighted by atomic mass is 9.85. The monoisotopic (exact) mass is 440 g/mol. The van der Waals surface area contributed by atoms with Gasteiger partial charge in [-0.1, -0.05) is 60.1 Å². The Morgan fingerprint density at radius 2 is 1.79 bits per heavy atom. The van der Waals surface area contributed by atoms with Crippen LogP contribution in [0, 0.1) is 0 Å². The number of methoxy groups -OCH3 is 2. The van der Waals surface area contributed by atoms with Crippen molar-refractivity contribution in [2.75, 3.05) is 20.8 Å². The molecule has 1 amide bonds. The fraction of sp³-hybridized carbons (Fsp3) is 0.296. The van der Waals surface area contributed by atoms with Crippen LogP contribution in [0.2, 0.25) is 0 Å². The summed E-state index contributed by atoms with van der Waals surface area (Å²) in [6, 6.07) is 21.3. The van der Waals surface area contributed by atoms with Gasteiger partial charge in [0.1, 0.15) is 13.9 Å². The smallest absolute Gasteiger partial charge is 0.239 e. The molecule has 0 aliphatic carbocycles. The highest BCUT2D eigenvalue weighted by atomic mass is 16.5. The molecule has 2 N–H and O–H groups in total. The zero-order valence-electron chi connectivity index (χ0n) is 19.2. The number of hydrogen-bond donors (Lipinski definition) is 1. The topological polar surface area (TPSA) is 64.8 Å². The van der Waals surface area contributed by atoms with Crippen molar-refractivity contribution < 1.29 is 14.3 Å². The Balaban J connectivity index is 1.76. The molecule has 0 saturated carbocycles. The Kier molecular flexibility index (Phi) is 7.04. The van der Waals surface area contributed by atoms with Crippen LogP contribution in [0.5, 0.6) is 11.5 Å². The summed E-state index contributed by atoms with van der Waals surface area (Å²) in [4.78, 5) is 15.0. The van der Waals surface area contributed by atoms with Crippen LogP contribution >= 0.6 is 0 Å². The van der Waals surface area contributed by atoms with E-state index in [1.54, 1.807) is 14.2 Å². The zero-order valence-corrected chi connectivity index (χ0v) is 19.2. The summed E-state index contributed by atoms with van der Waals surface area (Å²) in [5, 5.41) is 0. The summed E-state index contributed by atoms with van der Waals surface area (Å²) in [5.41, 5.74) is 11.1. The molecule has 0 spiro atoms. The van der Waals surface area contributed by atoms with Gasteiger partial charge >= 0.3 is 0 Å². The van der Waals surface area contributed by atoms with E-state index in [-0.39, 0.29) is 11.9 Å². The maximum absolute atomic E-state index is 12.7. The largest absolute Gasteiger partial charge is 0.493 e. The molecule has 1 heterocycles. The standard InChI is InChI=1S/C27H29BN2O3/c1-32-24-16-20-13-14-30(26(27(29)31)19-8-4-3-5-9-19)23(22(20)17-25(24)33-2)12-11-18-7-6-10-21(28)15-18/h3-10,15-17,23,26H,11-14H2,1-2H3,(H2,29,31)/t23-,26+/m0/s1. The number of fused-ring (bicyclic) bond motifs is 1. The highest BCUT2D eigenvalue weighted by Crippen LogP contribution is 2.43. The van der Waals surface area contributed by atoms with Crippen molar-refractivity contribution in [3.05, 3.63) is 89.0 Å².